The number of ether oxygens (including phenoxy) is 1. The van der Waals surface area contributed by atoms with Gasteiger partial charge in [-0.3, -0.25) is 39.0 Å². The molecule has 8 rings (SSSR count). The number of carbonyl (C=O) groups excluding carboxylic acids is 6. The molecular weight excluding hydrogens is 745 g/mol. The van der Waals surface area contributed by atoms with Crippen LogP contribution >= 0.6 is 11.3 Å². The number of benzene rings is 3. The zero-order valence-electron chi connectivity index (χ0n) is 31.7. The van der Waals surface area contributed by atoms with Crippen LogP contribution in [0.25, 0.3) is 11.3 Å². The van der Waals surface area contributed by atoms with Crippen LogP contribution in [0.4, 0.5) is 16.5 Å². The summed E-state index contributed by atoms with van der Waals surface area (Å²) in [6.45, 7) is 3.85. The van der Waals surface area contributed by atoms with Crippen LogP contribution in [-0.4, -0.2) is 71.1 Å². The van der Waals surface area contributed by atoms with E-state index in [0.29, 0.717) is 29.7 Å². The van der Waals surface area contributed by atoms with Crippen molar-refractivity contribution in [2.24, 2.45) is 5.92 Å². The molecule has 13 nitrogen and oxygen atoms in total. The summed E-state index contributed by atoms with van der Waals surface area (Å²) in [6, 6.07) is 17.8. The second-order valence-corrected chi connectivity index (χ2v) is 16.2. The largest absolute Gasteiger partial charge is 0.494 e. The van der Waals surface area contributed by atoms with Gasteiger partial charge in [0.1, 0.15) is 11.8 Å². The molecule has 294 valence electrons. The number of nitrogens with zero attached hydrogens (tertiary/aromatic N) is 3. The Labute approximate surface area is 334 Å². The molecule has 57 heavy (non-hydrogen) atoms. The summed E-state index contributed by atoms with van der Waals surface area (Å²) in [6.07, 6.45) is 6.71. The maximum atomic E-state index is 13.3. The third-order valence-electron chi connectivity index (χ3n) is 10.9. The number of anilines is 3. The summed E-state index contributed by atoms with van der Waals surface area (Å²) < 4.78 is 6.00. The van der Waals surface area contributed by atoms with Crippen molar-refractivity contribution in [3.8, 4) is 17.0 Å². The van der Waals surface area contributed by atoms with Crippen LogP contribution in [0.1, 0.15) is 88.1 Å². The van der Waals surface area contributed by atoms with Gasteiger partial charge in [0.05, 0.1) is 29.8 Å². The van der Waals surface area contributed by atoms with Gasteiger partial charge < -0.3 is 20.3 Å². The lowest BCUT2D eigenvalue weighted by molar-refractivity contribution is -0.136. The molecule has 4 aliphatic rings. The van der Waals surface area contributed by atoms with Gasteiger partial charge in [0.25, 0.3) is 11.8 Å². The standard InChI is InChI=1S/C43H44N6O7S/c1-25-38(29-14-15-33-28(24-29)18-20-48(33)40(53)27-12-13-27)47-43(57-25)46-36(51)23-26-8-6-9-30(22-26)56-21-5-3-2-4-19-44-32-11-7-10-31-37(32)42(55)49(41(31)54)34-16-17-35(50)45-39(34)52/h6-11,14-15,22,24,27,34,44H,2-5,12-13,16-21,23H2,1H3,(H,45,50,52)(H,46,47,51). The van der Waals surface area contributed by atoms with Gasteiger partial charge in [0.15, 0.2) is 5.13 Å². The quantitative estimate of drug-likeness (QED) is 0.0960. The minimum atomic E-state index is -0.999. The van der Waals surface area contributed by atoms with Crippen molar-refractivity contribution in [1.82, 2.24) is 15.2 Å². The molecule has 2 fully saturated rings. The number of amides is 6. The number of piperidine rings is 1. The highest BCUT2D eigenvalue weighted by Gasteiger charge is 2.45. The summed E-state index contributed by atoms with van der Waals surface area (Å²) in [5.74, 6) is -1.11. The lowest BCUT2D eigenvalue weighted by Crippen LogP contribution is -2.54. The van der Waals surface area contributed by atoms with E-state index in [9.17, 15) is 28.8 Å². The molecule has 0 spiro atoms. The highest BCUT2D eigenvalue weighted by molar-refractivity contribution is 7.16. The van der Waals surface area contributed by atoms with Gasteiger partial charge >= 0.3 is 0 Å². The van der Waals surface area contributed by atoms with E-state index < -0.39 is 29.7 Å². The number of thiazole rings is 1. The first-order valence-corrected chi connectivity index (χ1v) is 20.5. The van der Waals surface area contributed by atoms with E-state index in [1.54, 1.807) is 18.2 Å². The highest BCUT2D eigenvalue weighted by Crippen LogP contribution is 2.39. The zero-order valence-corrected chi connectivity index (χ0v) is 32.5. The molecule has 6 amide bonds. The van der Waals surface area contributed by atoms with E-state index in [1.807, 2.05) is 48.2 Å². The van der Waals surface area contributed by atoms with Gasteiger partial charge in [0, 0.05) is 47.2 Å². The average Bonchev–Trinajstić information content (AvgIpc) is 3.79. The number of aromatic nitrogens is 1. The van der Waals surface area contributed by atoms with Crippen LogP contribution in [0.2, 0.25) is 0 Å². The molecule has 0 radical (unpaired) electrons. The second kappa shape index (κ2) is 16.3. The second-order valence-electron chi connectivity index (χ2n) is 15.0. The van der Waals surface area contributed by atoms with Crippen LogP contribution in [0, 0.1) is 12.8 Å². The van der Waals surface area contributed by atoms with E-state index in [4.69, 9.17) is 9.72 Å². The van der Waals surface area contributed by atoms with E-state index in [1.165, 1.54) is 11.3 Å². The fourth-order valence-electron chi connectivity index (χ4n) is 7.80. The van der Waals surface area contributed by atoms with E-state index in [0.717, 1.165) is 89.3 Å². The third kappa shape index (κ3) is 8.18. The molecule has 1 saturated heterocycles. The first-order valence-electron chi connectivity index (χ1n) is 19.7. The monoisotopic (exact) mass is 788 g/mol. The lowest BCUT2D eigenvalue weighted by Gasteiger charge is -2.27. The molecule has 1 aliphatic carbocycles. The van der Waals surface area contributed by atoms with E-state index in [2.05, 4.69) is 22.0 Å². The molecule has 1 unspecified atom stereocenters. The van der Waals surface area contributed by atoms with Gasteiger partial charge in [0.2, 0.25) is 23.6 Å². The van der Waals surface area contributed by atoms with Gasteiger partial charge in [-0.2, -0.15) is 0 Å². The van der Waals surface area contributed by atoms with E-state index >= 15 is 0 Å². The topological polar surface area (TPSA) is 167 Å². The normalized spacial score (nSPS) is 17.4. The summed E-state index contributed by atoms with van der Waals surface area (Å²) in [4.78, 5) is 84.8. The molecule has 3 N–H and O–H groups in total. The van der Waals surface area contributed by atoms with Crippen molar-refractivity contribution < 1.29 is 33.5 Å². The maximum Gasteiger partial charge on any atom is 0.264 e. The van der Waals surface area contributed by atoms with Crippen molar-refractivity contribution in [2.75, 3.05) is 35.2 Å². The molecule has 1 aromatic heterocycles. The fourth-order valence-corrected chi connectivity index (χ4v) is 8.65. The van der Waals surface area contributed by atoms with Crippen molar-refractivity contribution >= 4 is 63.3 Å². The Balaban J connectivity index is 0.757. The highest BCUT2D eigenvalue weighted by atomic mass is 32.1. The summed E-state index contributed by atoms with van der Waals surface area (Å²) in [5, 5.41) is 9.03. The Morgan fingerprint density at radius 2 is 1.75 bits per heavy atom. The number of unbranched alkanes of at least 4 members (excludes halogenated alkanes) is 3. The third-order valence-corrected chi connectivity index (χ3v) is 11.8. The lowest BCUT2D eigenvalue weighted by atomic mass is 10.0. The molecule has 0 bridgehead atoms. The average molecular weight is 789 g/mol. The molecule has 3 aromatic carbocycles. The smallest absolute Gasteiger partial charge is 0.264 e. The molecule has 1 atom stereocenters. The summed E-state index contributed by atoms with van der Waals surface area (Å²) in [7, 11) is 0. The maximum absolute atomic E-state index is 13.3. The summed E-state index contributed by atoms with van der Waals surface area (Å²) in [5.41, 5.74) is 5.88. The first kappa shape index (κ1) is 38.0. The van der Waals surface area contributed by atoms with Gasteiger partial charge in [-0.15, -0.1) is 11.3 Å². The predicted molar refractivity (Wildman–Crippen MR) is 215 cm³/mol. The summed E-state index contributed by atoms with van der Waals surface area (Å²) >= 11 is 1.45. The van der Waals surface area contributed by atoms with Crippen LogP contribution in [-0.2, 0) is 32.0 Å². The Morgan fingerprint density at radius 1 is 0.930 bits per heavy atom. The van der Waals surface area contributed by atoms with Crippen LogP contribution in [0.3, 0.4) is 0 Å². The number of hydrogen-bond acceptors (Lipinski definition) is 10. The van der Waals surface area contributed by atoms with Crippen molar-refractivity contribution in [2.45, 2.75) is 77.2 Å². The SMILES string of the molecule is Cc1sc(NC(=O)Cc2cccc(OCCCCCCNc3cccc4c3C(=O)N(C3CCC(=O)NC3=O)C4=O)c2)nc1-c1ccc2c(c1)CCN2C(=O)C1CC1. The molecule has 3 aliphatic heterocycles. The van der Waals surface area contributed by atoms with Crippen molar-refractivity contribution in [3.63, 3.8) is 0 Å². The van der Waals surface area contributed by atoms with Gasteiger partial charge in [-0.05, 0) is 93.0 Å². The number of fused-ring (bicyclic) bond motifs is 2. The fraction of sp³-hybridized carbons (Fsp3) is 0.372. The molecular formula is C43H44N6O7S. The number of hydrogen-bond donors (Lipinski definition) is 3. The minimum absolute atomic E-state index is 0.0740. The van der Waals surface area contributed by atoms with E-state index in [-0.39, 0.29) is 48.1 Å². The Hall–Kier alpha value is -5.89. The Kier molecular flexibility index (Phi) is 10.9. The zero-order chi connectivity index (χ0) is 39.6. The Bertz CT molecular complexity index is 2280. The molecule has 4 heterocycles. The molecule has 14 heteroatoms. The number of rotatable bonds is 15. The van der Waals surface area contributed by atoms with Crippen molar-refractivity contribution in [3.05, 3.63) is 87.8 Å². The van der Waals surface area contributed by atoms with Crippen molar-refractivity contribution in [1.29, 1.82) is 0 Å². The minimum Gasteiger partial charge on any atom is -0.494 e. The predicted octanol–water partition coefficient (Wildman–Crippen LogP) is 6.05. The number of imide groups is 2. The van der Waals surface area contributed by atoms with Crippen LogP contribution < -0.4 is 25.6 Å². The number of aryl methyl sites for hydroxylation is 1. The molecule has 4 aromatic rings. The van der Waals surface area contributed by atoms with Gasteiger partial charge in [-0.1, -0.05) is 37.1 Å². The number of nitrogens with one attached hydrogen (secondary N) is 3. The Morgan fingerprint density at radius 3 is 2.58 bits per heavy atom. The number of carbonyl (C=O) groups is 6. The van der Waals surface area contributed by atoms with Crippen LogP contribution in [0.5, 0.6) is 5.75 Å². The first-order chi connectivity index (χ1) is 27.6. The van der Waals surface area contributed by atoms with Gasteiger partial charge in [-0.25, -0.2) is 4.98 Å². The molecule has 1 saturated carbocycles. The van der Waals surface area contributed by atoms with Crippen LogP contribution in [0.15, 0.2) is 60.7 Å².